The Morgan fingerprint density at radius 2 is 1.88 bits per heavy atom. The van der Waals surface area contributed by atoms with Crippen LogP contribution in [0.2, 0.25) is 5.02 Å². The van der Waals surface area contributed by atoms with Crippen molar-refractivity contribution in [2.24, 2.45) is 0 Å². The average molecular weight is 447 g/mol. The van der Waals surface area contributed by atoms with Gasteiger partial charge in [-0.2, -0.15) is 5.10 Å². The second-order valence-corrected chi connectivity index (χ2v) is 7.30. The molecule has 1 amide bonds. The Morgan fingerprint density at radius 1 is 1.09 bits per heavy atom. The first kappa shape index (κ1) is 19.6. The number of hydrogen-bond acceptors (Lipinski definition) is 6. The van der Waals surface area contributed by atoms with Crippen LogP contribution in [0.15, 0.2) is 65.8 Å². The lowest BCUT2D eigenvalue weighted by atomic mass is 10.2. The van der Waals surface area contributed by atoms with Crippen molar-refractivity contribution in [3.8, 4) is 11.4 Å². The van der Waals surface area contributed by atoms with Gasteiger partial charge in [-0.05, 0) is 43.3 Å². The highest BCUT2D eigenvalue weighted by molar-refractivity contribution is 6.30. The van der Waals surface area contributed by atoms with Gasteiger partial charge in [-0.1, -0.05) is 23.7 Å². The molecule has 0 bridgehead atoms. The van der Waals surface area contributed by atoms with Gasteiger partial charge in [0.05, 0.1) is 29.6 Å². The third-order valence-electron chi connectivity index (χ3n) is 4.79. The summed E-state index contributed by atoms with van der Waals surface area (Å²) >= 11 is 5.95. The lowest BCUT2D eigenvalue weighted by Crippen LogP contribution is -2.16. The highest BCUT2D eigenvalue weighted by Crippen LogP contribution is 2.23. The maximum absolute atomic E-state index is 12.9. The molecule has 11 heteroatoms. The summed E-state index contributed by atoms with van der Waals surface area (Å²) in [5.74, 6) is 0.0648. The first-order chi connectivity index (χ1) is 15.5. The van der Waals surface area contributed by atoms with Crippen LogP contribution in [0.1, 0.15) is 16.4 Å². The van der Waals surface area contributed by atoms with Crippen LogP contribution < -0.4 is 10.9 Å². The van der Waals surface area contributed by atoms with Crippen molar-refractivity contribution in [3.05, 3.63) is 88.1 Å². The molecule has 5 rings (SSSR count). The summed E-state index contributed by atoms with van der Waals surface area (Å²) in [6, 6.07) is 14.1. The number of fused-ring (bicyclic) bond motifs is 1. The van der Waals surface area contributed by atoms with Crippen molar-refractivity contribution >= 4 is 34.2 Å². The van der Waals surface area contributed by atoms with Crippen molar-refractivity contribution in [2.45, 2.75) is 6.92 Å². The summed E-state index contributed by atoms with van der Waals surface area (Å²) in [7, 11) is 0. The number of aromatic nitrogens is 7. The molecule has 0 fully saturated rings. The first-order valence-electron chi connectivity index (χ1n) is 9.53. The number of nitrogens with one attached hydrogen (secondary N) is 2. The number of nitrogens with zero attached hydrogens (tertiary/aromatic N) is 6. The minimum Gasteiger partial charge on any atom is -0.317 e. The molecule has 0 aliphatic heterocycles. The van der Waals surface area contributed by atoms with Crippen LogP contribution in [-0.2, 0) is 0 Å². The highest BCUT2D eigenvalue weighted by atomic mass is 35.5. The molecule has 2 aromatic carbocycles. The second kappa shape index (κ2) is 7.75. The molecule has 0 aliphatic rings. The molecule has 3 aromatic heterocycles. The average Bonchev–Trinajstić information content (AvgIpc) is 3.40. The maximum atomic E-state index is 12.9. The fraction of sp³-hybridized carbons (Fsp3) is 0.0476. The van der Waals surface area contributed by atoms with Gasteiger partial charge in [0.2, 0.25) is 5.82 Å². The molecule has 5 aromatic rings. The van der Waals surface area contributed by atoms with Gasteiger partial charge in [-0.3, -0.25) is 9.59 Å². The summed E-state index contributed by atoms with van der Waals surface area (Å²) in [5.41, 5.74) is 1.82. The normalized spacial score (nSPS) is 11.1. The number of H-pyrrole nitrogens is 1. The molecule has 0 unspecified atom stereocenters. The molecule has 32 heavy (non-hydrogen) atoms. The molecule has 3 heterocycles. The Bertz CT molecular complexity index is 1520. The van der Waals surface area contributed by atoms with Crippen molar-refractivity contribution in [1.82, 2.24) is 34.5 Å². The van der Waals surface area contributed by atoms with E-state index in [4.69, 9.17) is 11.6 Å². The number of para-hydroxylation sites is 2. The van der Waals surface area contributed by atoms with E-state index in [1.807, 2.05) is 0 Å². The van der Waals surface area contributed by atoms with E-state index >= 15 is 0 Å². The molecular weight excluding hydrogens is 432 g/mol. The van der Waals surface area contributed by atoms with E-state index in [2.05, 4.69) is 30.5 Å². The van der Waals surface area contributed by atoms with Crippen LogP contribution in [0.3, 0.4) is 0 Å². The molecule has 158 valence electrons. The molecule has 0 saturated heterocycles. The number of benzene rings is 2. The standard InChI is InChI=1S/C21H15ClN8O2/c1-12-26-18(28-29(12)14-8-6-13(22)7-9-14)21(32)27-16-4-2-3-5-17(16)30-19-15(10-25-30)20(31)24-11-23-19/h2-11H,1H3,(H,27,32)(H,23,24,31). The number of aromatic amines is 1. The van der Waals surface area contributed by atoms with Gasteiger partial charge in [0.15, 0.2) is 5.65 Å². The number of aryl methyl sites for hydroxylation is 1. The molecule has 0 atom stereocenters. The largest absolute Gasteiger partial charge is 0.317 e. The van der Waals surface area contributed by atoms with E-state index in [0.29, 0.717) is 33.3 Å². The summed E-state index contributed by atoms with van der Waals surface area (Å²) in [5, 5.41) is 12.4. The molecule has 0 saturated carbocycles. The van der Waals surface area contributed by atoms with Crippen LogP contribution in [-0.4, -0.2) is 40.4 Å². The molecule has 0 spiro atoms. The van der Waals surface area contributed by atoms with Crippen LogP contribution in [0.5, 0.6) is 0 Å². The van der Waals surface area contributed by atoms with E-state index in [-0.39, 0.29) is 11.4 Å². The third kappa shape index (κ3) is 3.42. The van der Waals surface area contributed by atoms with Crippen molar-refractivity contribution < 1.29 is 4.79 Å². The Kier molecular flexibility index (Phi) is 4.75. The number of amides is 1. The van der Waals surface area contributed by atoms with E-state index in [9.17, 15) is 9.59 Å². The SMILES string of the molecule is Cc1nc(C(=O)Nc2ccccc2-n2ncc3c(=O)[nH]cnc32)nn1-c1ccc(Cl)cc1. The Hall–Kier alpha value is -4.31. The summed E-state index contributed by atoms with van der Waals surface area (Å²) < 4.78 is 3.06. The number of hydrogen-bond donors (Lipinski definition) is 2. The van der Waals surface area contributed by atoms with Crippen LogP contribution >= 0.6 is 11.6 Å². The quantitative estimate of drug-likeness (QED) is 0.437. The lowest BCUT2D eigenvalue weighted by Gasteiger charge is -2.10. The van der Waals surface area contributed by atoms with Gasteiger partial charge in [0, 0.05) is 5.02 Å². The molecule has 10 nitrogen and oxygen atoms in total. The zero-order valence-electron chi connectivity index (χ0n) is 16.7. The minimum atomic E-state index is -0.490. The van der Waals surface area contributed by atoms with Crippen molar-refractivity contribution in [2.75, 3.05) is 5.32 Å². The van der Waals surface area contributed by atoms with Crippen LogP contribution in [0, 0.1) is 6.92 Å². The predicted octanol–water partition coefficient (Wildman–Crippen LogP) is 2.90. The lowest BCUT2D eigenvalue weighted by molar-refractivity contribution is 0.101. The topological polar surface area (TPSA) is 123 Å². The Labute approximate surface area is 185 Å². The monoisotopic (exact) mass is 446 g/mol. The number of carbonyl (C=O) groups excluding carboxylic acids is 1. The van der Waals surface area contributed by atoms with E-state index in [1.165, 1.54) is 17.2 Å². The summed E-state index contributed by atoms with van der Waals surface area (Å²) in [4.78, 5) is 35.9. The van der Waals surface area contributed by atoms with Gasteiger partial charge in [0.1, 0.15) is 11.2 Å². The second-order valence-electron chi connectivity index (χ2n) is 6.87. The van der Waals surface area contributed by atoms with Crippen LogP contribution in [0.25, 0.3) is 22.4 Å². The molecule has 0 aliphatic carbocycles. The Balaban J connectivity index is 1.49. The van der Waals surface area contributed by atoms with Crippen molar-refractivity contribution in [1.29, 1.82) is 0 Å². The predicted molar refractivity (Wildman–Crippen MR) is 119 cm³/mol. The number of anilines is 1. The van der Waals surface area contributed by atoms with Gasteiger partial charge in [0.25, 0.3) is 11.5 Å². The summed E-state index contributed by atoms with van der Waals surface area (Å²) in [6.07, 6.45) is 2.73. The van der Waals surface area contributed by atoms with Gasteiger partial charge in [-0.25, -0.2) is 19.3 Å². The number of rotatable bonds is 4. The van der Waals surface area contributed by atoms with E-state index in [0.717, 1.165) is 5.69 Å². The maximum Gasteiger partial charge on any atom is 0.295 e. The zero-order chi connectivity index (χ0) is 22.2. The minimum absolute atomic E-state index is 0.00662. The smallest absolute Gasteiger partial charge is 0.295 e. The van der Waals surface area contributed by atoms with E-state index < -0.39 is 5.91 Å². The molecule has 2 N–H and O–H groups in total. The fourth-order valence-corrected chi connectivity index (χ4v) is 3.41. The van der Waals surface area contributed by atoms with Gasteiger partial charge >= 0.3 is 0 Å². The molecular formula is C21H15ClN8O2. The third-order valence-corrected chi connectivity index (χ3v) is 5.05. The first-order valence-corrected chi connectivity index (χ1v) is 9.91. The van der Waals surface area contributed by atoms with Crippen molar-refractivity contribution in [3.63, 3.8) is 0 Å². The Morgan fingerprint density at radius 3 is 2.69 bits per heavy atom. The number of halogens is 1. The summed E-state index contributed by atoms with van der Waals surface area (Å²) in [6.45, 7) is 1.76. The van der Waals surface area contributed by atoms with Gasteiger partial charge in [-0.15, -0.1) is 5.10 Å². The van der Waals surface area contributed by atoms with Crippen LogP contribution in [0.4, 0.5) is 5.69 Å². The zero-order valence-corrected chi connectivity index (χ0v) is 17.4. The molecule has 0 radical (unpaired) electrons. The number of carbonyl (C=O) groups is 1. The fourth-order valence-electron chi connectivity index (χ4n) is 3.29. The van der Waals surface area contributed by atoms with Gasteiger partial charge < -0.3 is 10.3 Å². The highest BCUT2D eigenvalue weighted by Gasteiger charge is 2.18. The van der Waals surface area contributed by atoms with E-state index in [1.54, 1.807) is 60.1 Å².